The number of carbonyl (C=O) groups is 1. The summed E-state index contributed by atoms with van der Waals surface area (Å²) < 4.78 is 13.1. The fourth-order valence-electron chi connectivity index (χ4n) is 1.82. The van der Waals surface area contributed by atoms with Gasteiger partial charge in [-0.25, -0.2) is 9.37 Å². The Hall–Kier alpha value is -1.79. The molecule has 0 aliphatic heterocycles. The van der Waals surface area contributed by atoms with Crippen molar-refractivity contribution in [1.29, 1.82) is 0 Å². The minimum atomic E-state index is -0.303. The minimum absolute atomic E-state index is 0.172. The Balaban J connectivity index is 2.04. The van der Waals surface area contributed by atoms with Crippen LogP contribution in [-0.4, -0.2) is 29.4 Å². The average molecular weight is 293 g/mol. The summed E-state index contributed by atoms with van der Waals surface area (Å²) in [6, 6.07) is 6.22. The van der Waals surface area contributed by atoms with E-state index in [1.165, 1.54) is 28.4 Å². The molecule has 20 heavy (non-hydrogen) atoms. The molecule has 2 rings (SSSR count). The normalized spacial score (nSPS) is 10.6. The van der Waals surface area contributed by atoms with E-state index >= 15 is 0 Å². The van der Waals surface area contributed by atoms with Crippen molar-refractivity contribution >= 4 is 17.2 Å². The molecular formula is C14H16FN3OS. The zero-order chi connectivity index (χ0) is 14.5. The van der Waals surface area contributed by atoms with Crippen LogP contribution in [0.1, 0.15) is 21.1 Å². The van der Waals surface area contributed by atoms with Crippen molar-refractivity contribution in [2.24, 2.45) is 5.73 Å². The van der Waals surface area contributed by atoms with Crippen LogP contribution in [0.15, 0.2) is 29.6 Å². The summed E-state index contributed by atoms with van der Waals surface area (Å²) in [5.74, 6) is -0.476. The van der Waals surface area contributed by atoms with Crippen LogP contribution in [0.5, 0.6) is 0 Å². The van der Waals surface area contributed by atoms with Gasteiger partial charge < -0.3 is 10.6 Å². The molecule has 6 heteroatoms. The maximum absolute atomic E-state index is 13.1. The number of nitrogens with zero attached hydrogens (tertiary/aromatic N) is 2. The maximum Gasteiger partial charge on any atom is 0.273 e. The Morgan fingerprint density at radius 3 is 3.00 bits per heavy atom. The van der Waals surface area contributed by atoms with Gasteiger partial charge in [-0.15, -0.1) is 11.3 Å². The van der Waals surface area contributed by atoms with Gasteiger partial charge in [-0.1, -0.05) is 12.1 Å². The second-order valence-corrected chi connectivity index (χ2v) is 5.40. The molecule has 0 unspecified atom stereocenters. The van der Waals surface area contributed by atoms with Crippen molar-refractivity contribution in [2.45, 2.75) is 13.0 Å². The Kier molecular flexibility index (Phi) is 4.81. The summed E-state index contributed by atoms with van der Waals surface area (Å²) in [6.07, 6.45) is 0.672. The van der Waals surface area contributed by atoms with Gasteiger partial charge in [-0.05, 0) is 24.2 Å². The highest BCUT2D eigenvalue weighted by molar-refractivity contribution is 7.09. The molecule has 1 aromatic heterocycles. The monoisotopic (exact) mass is 293 g/mol. The number of nitrogens with two attached hydrogens (primary N) is 1. The summed E-state index contributed by atoms with van der Waals surface area (Å²) in [7, 11) is 1.68. The highest BCUT2D eigenvalue weighted by Crippen LogP contribution is 2.13. The third-order valence-electron chi connectivity index (χ3n) is 2.78. The molecule has 2 aromatic rings. The Labute approximate surface area is 121 Å². The van der Waals surface area contributed by atoms with Crippen LogP contribution >= 0.6 is 11.3 Å². The van der Waals surface area contributed by atoms with Gasteiger partial charge in [0.25, 0.3) is 5.91 Å². The van der Waals surface area contributed by atoms with E-state index in [1.807, 2.05) is 0 Å². The topological polar surface area (TPSA) is 59.2 Å². The zero-order valence-electron chi connectivity index (χ0n) is 11.2. The number of carbonyl (C=O) groups excluding carboxylic acids is 1. The standard InChI is InChI=1S/C14H16FN3OS/c1-18(8-10-3-2-4-11(15)7-10)14(19)12-9-20-13(17-12)5-6-16/h2-4,7,9H,5-6,8,16H2,1H3. The lowest BCUT2D eigenvalue weighted by molar-refractivity contribution is 0.0779. The van der Waals surface area contributed by atoms with Crippen LogP contribution in [0.25, 0.3) is 0 Å². The van der Waals surface area contributed by atoms with Crippen molar-refractivity contribution < 1.29 is 9.18 Å². The Morgan fingerprint density at radius 2 is 2.30 bits per heavy atom. The Bertz CT molecular complexity index is 600. The van der Waals surface area contributed by atoms with Crippen molar-refractivity contribution in [2.75, 3.05) is 13.6 Å². The van der Waals surface area contributed by atoms with Gasteiger partial charge in [0.05, 0.1) is 5.01 Å². The van der Waals surface area contributed by atoms with Crippen LogP contribution in [0.2, 0.25) is 0 Å². The van der Waals surface area contributed by atoms with E-state index in [4.69, 9.17) is 5.73 Å². The van der Waals surface area contributed by atoms with Crippen molar-refractivity contribution in [3.63, 3.8) is 0 Å². The fourth-order valence-corrected chi connectivity index (χ4v) is 2.61. The number of benzene rings is 1. The summed E-state index contributed by atoms with van der Waals surface area (Å²) in [5, 5.41) is 2.59. The summed E-state index contributed by atoms with van der Waals surface area (Å²) in [6.45, 7) is 0.862. The number of aromatic nitrogens is 1. The molecule has 1 aromatic carbocycles. The number of halogens is 1. The number of rotatable bonds is 5. The second kappa shape index (κ2) is 6.58. The molecule has 1 heterocycles. The maximum atomic E-state index is 13.1. The molecule has 0 fully saturated rings. The quantitative estimate of drug-likeness (QED) is 0.918. The Morgan fingerprint density at radius 1 is 1.50 bits per heavy atom. The lowest BCUT2D eigenvalue weighted by Crippen LogP contribution is -2.26. The van der Waals surface area contributed by atoms with Crippen molar-refractivity contribution in [3.8, 4) is 0 Å². The van der Waals surface area contributed by atoms with Gasteiger partial charge in [0.2, 0.25) is 0 Å². The molecule has 0 atom stereocenters. The van der Waals surface area contributed by atoms with E-state index in [9.17, 15) is 9.18 Å². The van der Waals surface area contributed by atoms with E-state index in [0.717, 1.165) is 10.6 Å². The second-order valence-electron chi connectivity index (χ2n) is 4.46. The van der Waals surface area contributed by atoms with Gasteiger partial charge in [0, 0.05) is 25.4 Å². The highest BCUT2D eigenvalue weighted by atomic mass is 32.1. The highest BCUT2D eigenvalue weighted by Gasteiger charge is 2.15. The van der Waals surface area contributed by atoms with E-state index < -0.39 is 0 Å². The lowest BCUT2D eigenvalue weighted by Gasteiger charge is -2.15. The van der Waals surface area contributed by atoms with Crippen LogP contribution in [0.3, 0.4) is 0 Å². The molecule has 0 aliphatic carbocycles. The van der Waals surface area contributed by atoms with E-state index in [-0.39, 0.29) is 11.7 Å². The van der Waals surface area contributed by atoms with Gasteiger partial charge in [-0.2, -0.15) is 0 Å². The number of amides is 1. The lowest BCUT2D eigenvalue weighted by atomic mass is 10.2. The van der Waals surface area contributed by atoms with Crippen LogP contribution in [0.4, 0.5) is 4.39 Å². The smallest absolute Gasteiger partial charge is 0.273 e. The van der Waals surface area contributed by atoms with Gasteiger partial charge >= 0.3 is 0 Å². The van der Waals surface area contributed by atoms with Crippen LogP contribution < -0.4 is 5.73 Å². The van der Waals surface area contributed by atoms with E-state index in [0.29, 0.717) is 25.2 Å². The molecule has 0 spiro atoms. The van der Waals surface area contributed by atoms with Crippen molar-refractivity contribution in [3.05, 3.63) is 51.7 Å². The molecule has 4 nitrogen and oxygen atoms in total. The fraction of sp³-hybridized carbons (Fsp3) is 0.286. The van der Waals surface area contributed by atoms with Gasteiger partial charge in [0.15, 0.2) is 0 Å². The summed E-state index contributed by atoms with van der Waals surface area (Å²) in [5.41, 5.74) is 6.62. The number of hydrogen-bond donors (Lipinski definition) is 1. The SMILES string of the molecule is CN(Cc1cccc(F)c1)C(=O)c1csc(CCN)n1. The van der Waals surface area contributed by atoms with Gasteiger partial charge in [-0.3, -0.25) is 4.79 Å². The molecule has 106 valence electrons. The largest absolute Gasteiger partial charge is 0.336 e. The first-order valence-corrected chi connectivity index (χ1v) is 7.12. The third-order valence-corrected chi connectivity index (χ3v) is 3.69. The predicted octanol–water partition coefficient (Wildman–Crippen LogP) is 2.06. The van der Waals surface area contributed by atoms with E-state index in [2.05, 4.69) is 4.98 Å². The van der Waals surface area contributed by atoms with Crippen LogP contribution in [-0.2, 0) is 13.0 Å². The minimum Gasteiger partial charge on any atom is -0.336 e. The first kappa shape index (κ1) is 14.6. The van der Waals surface area contributed by atoms with Gasteiger partial charge in [0.1, 0.15) is 11.5 Å². The molecule has 0 aliphatic rings. The predicted molar refractivity (Wildman–Crippen MR) is 77.1 cm³/mol. The third kappa shape index (κ3) is 3.61. The summed E-state index contributed by atoms with van der Waals surface area (Å²) >= 11 is 1.43. The van der Waals surface area contributed by atoms with E-state index in [1.54, 1.807) is 24.6 Å². The molecule has 0 bridgehead atoms. The number of thiazole rings is 1. The first-order chi connectivity index (χ1) is 9.60. The molecule has 0 saturated heterocycles. The molecule has 0 saturated carbocycles. The van der Waals surface area contributed by atoms with Crippen LogP contribution in [0, 0.1) is 5.82 Å². The zero-order valence-corrected chi connectivity index (χ0v) is 12.0. The van der Waals surface area contributed by atoms with Crippen molar-refractivity contribution in [1.82, 2.24) is 9.88 Å². The molecular weight excluding hydrogens is 277 g/mol. The molecule has 1 amide bonds. The first-order valence-electron chi connectivity index (χ1n) is 6.24. The average Bonchev–Trinajstić information content (AvgIpc) is 2.87. The molecule has 2 N–H and O–H groups in total. The molecule has 0 radical (unpaired) electrons. The summed E-state index contributed by atoms with van der Waals surface area (Å²) in [4.78, 5) is 18.0. The number of hydrogen-bond acceptors (Lipinski definition) is 4.